The molecule has 8 heteroatoms. The van der Waals surface area contributed by atoms with Crippen molar-refractivity contribution in [3.05, 3.63) is 58.1 Å². The molecule has 2 rings (SSSR count). The maximum absolute atomic E-state index is 8.72. The second-order valence-corrected chi connectivity index (χ2v) is 6.79. The molecule has 0 aliphatic rings. The van der Waals surface area contributed by atoms with E-state index in [1.54, 1.807) is 7.11 Å². The standard InChI is InChI=1S/C21H29ClN2O3.2ClH/c1-16-4-6-17(7-5-16)15-27-21-19(22)12-18(13-20(21)26-2)14-24-9-3-8-23-10-11-25;;/h4-7,12-13,23-25H,3,8-11,14-15H2,1-2H3;2*1H. The molecule has 3 N–H and O–H groups in total. The molecule has 0 radical (unpaired) electrons. The quantitative estimate of drug-likeness (QED) is 0.411. The van der Waals surface area contributed by atoms with Gasteiger partial charge >= 0.3 is 0 Å². The summed E-state index contributed by atoms with van der Waals surface area (Å²) in [6.07, 6.45) is 0.989. The van der Waals surface area contributed by atoms with Crippen molar-refractivity contribution in [2.24, 2.45) is 0 Å². The van der Waals surface area contributed by atoms with Crippen molar-refractivity contribution < 1.29 is 14.6 Å². The lowest BCUT2D eigenvalue weighted by molar-refractivity contribution is 0.284. The number of nitrogens with one attached hydrogen (secondary N) is 2. The maximum atomic E-state index is 8.72. The number of methoxy groups -OCH3 is 1. The van der Waals surface area contributed by atoms with E-state index in [9.17, 15) is 0 Å². The summed E-state index contributed by atoms with van der Waals surface area (Å²) in [5.74, 6) is 1.20. The lowest BCUT2D eigenvalue weighted by Gasteiger charge is -2.15. The van der Waals surface area contributed by atoms with E-state index in [-0.39, 0.29) is 31.4 Å². The second kappa shape index (κ2) is 15.6. The van der Waals surface area contributed by atoms with Gasteiger partial charge in [0.05, 0.1) is 18.7 Å². The van der Waals surface area contributed by atoms with Crippen LogP contribution >= 0.6 is 36.4 Å². The van der Waals surface area contributed by atoms with Crippen LogP contribution in [0.3, 0.4) is 0 Å². The first-order valence-electron chi connectivity index (χ1n) is 9.21. The largest absolute Gasteiger partial charge is 0.493 e. The predicted molar refractivity (Wildman–Crippen MR) is 124 cm³/mol. The molecule has 0 amide bonds. The highest BCUT2D eigenvalue weighted by atomic mass is 35.5. The molecule has 0 saturated heterocycles. The molecule has 0 aromatic heterocycles. The zero-order chi connectivity index (χ0) is 19.5. The van der Waals surface area contributed by atoms with E-state index in [4.69, 9.17) is 26.2 Å². The van der Waals surface area contributed by atoms with Crippen LogP contribution in [0, 0.1) is 6.92 Å². The molecule has 5 nitrogen and oxygen atoms in total. The Bertz CT molecular complexity index is 700. The van der Waals surface area contributed by atoms with Crippen LogP contribution in [-0.2, 0) is 13.2 Å². The van der Waals surface area contributed by atoms with Gasteiger partial charge in [-0.2, -0.15) is 0 Å². The van der Waals surface area contributed by atoms with Crippen molar-refractivity contribution in [3.8, 4) is 11.5 Å². The lowest BCUT2D eigenvalue weighted by Crippen LogP contribution is -2.23. The second-order valence-electron chi connectivity index (χ2n) is 6.39. The first-order valence-corrected chi connectivity index (χ1v) is 9.59. The smallest absolute Gasteiger partial charge is 0.180 e. The van der Waals surface area contributed by atoms with Crippen LogP contribution in [0.2, 0.25) is 5.02 Å². The summed E-state index contributed by atoms with van der Waals surface area (Å²) < 4.78 is 11.4. The van der Waals surface area contributed by atoms with Gasteiger partial charge in [0, 0.05) is 13.1 Å². The first-order chi connectivity index (χ1) is 13.1. The average molecular weight is 466 g/mol. The van der Waals surface area contributed by atoms with E-state index in [1.807, 2.05) is 24.3 Å². The molecule has 0 atom stereocenters. The Balaban J connectivity index is 0.00000392. The number of rotatable bonds is 12. The normalized spacial score (nSPS) is 10.1. The van der Waals surface area contributed by atoms with E-state index in [2.05, 4.69) is 29.7 Å². The Morgan fingerprint density at radius 2 is 1.66 bits per heavy atom. The fourth-order valence-electron chi connectivity index (χ4n) is 2.63. The highest BCUT2D eigenvalue weighted by Crippen LogP contribution is 2.37. The Morgan fingerprint density at radius 3 is 2.31 bits per heavy atom. The fraction of sp³-hybridized carbons (Fsp3) is 0.429. The van der Waals surface area contributed by atoms with Crippen LogP contribution in [-0.4, -0.2) is 38.5 Å². The van der Waals surface area contributed by atoms with Crippen molar-refractivity contribution in [1.29, 1.82) is 0 Å². The molecule has 0 saturated carbocycles. The molecule has 2 aromatic rings. The zero-order valence-corrected chi connectivity index (χ0v) is 19.3. The number of halogens is 3. The molecule has 0 spiro atoms. The van der Waals surface area contributed by atoms with Gasteiger partial charge in [0.15, 0.2) is 11.5 Å². The third-order valence-corrected chi connectivity index (χ3v) is 4.40. The third-order valence-electron chi connectivity index (χ3n) is 4.12. The maximum Gasteiger partial charge on any atom is 0.180 e. The van der Waals surface area contributed by atoms with Crippen molar-refractivity contribution in [1.82, 2.24) is 10.6 Å². The number of aryl methyl sites for hydroxylation is 1. The lowest BCUT2D eigenvalue weighted by atomic mass is 10.1. The average Bonchev–Trinajstić information content (AvgIpc) is 2.67. The summed E-state index contributed by atoms with van der Waals surface area (Å²) >= 11 is 6.44. The van der Waals surface area contributed by atoms with E-state index in [1.165, 1.54) is 5.56 Å². The van der Waals surface area contributed by atoms with Crippen molar-refractivity contribution in [2.45, 2.75) is 26.5 Å². The monoisotopic (exact) mass is 464 g/mol. The molecule has 0 unspecified atom stereocenters. The van der Waals surface area contributed by atoms with Gasteiger partial charge in [-0.15, -0.1) is 24.8 Å². The van der Waals surface area contributed by atoms with Crippen LogP contribution in [0.15, 0.2) is 36.4 Å². The molecule has 0 aliphatic heterocycles. The minimum atomic E-state index is 0. The first kappa shape index (κ1) is 27.8. The minimum absolute atomic E-state index is 0. The van der Waals surface area contributed by atoms with Crippen molar-refractivity contribution >= 4 is 36.4 Å². The molecule has 0 fully saturated rings. The minimum Gasteiger partial charge on any atom is -0.493 e. The van der Waals surface area contributed by atoms with Crippen LogP contribution < -0.4 is 20.1 Å². The van der Waals surface area contributed by atoms with Gasteiger partial charge in [0.1, 0.15) is 6.61 Å². The van der Waals surface area contributed by atoms with Gasteiger partial charge in [-0.1, -0.05) is 41.4 Å². The van der Waals surface area contributed by atoms with Crippen LogP contribution in [0.4, 0.5) is 0 Å². The third kappa shape index (κ3) is 9.90. The Hall–Kier alpha value is -1.21. The predicted octanol–water partition coefficient (Wildman–Crippen LogP) is 4.14. The Labute approximate surface area is 191 Å². The summed E-state index contributed by atoms with van der Waals surface area (Å²) in [4.78, 5) is 0. The number of ether oxygens (including phenoxy) is 2. The van der Waals surface area contributed by atoms with Gasteiger partial charge in [-0.3, -0.25) is 0 Å². The summed E-state index contributed by atoms with van der Waals surface area (Å²) in [6.45, 7) is 5.76. The molecule has 164 valence electrons. The Morgan fingerprint density at radius 1 is 0.966 bits per heavy atom. The molecule has 2 aromatic carbocycles. The summed E-state index contributed by atoms with van der Waals surface area (Å²) in [5, 5.41) is 15.8. The summed E-state index contributed by atoms with van der Waals surface area (Å²) in [5.41, 5.74) is 3.34. The van der Waals surface area contributed by atoms with Crippen molar-refractivity contribution in [3.63, 3.8) is 0 Å². The number of hydrogen-bond acceptors (Lipinski definition) is 5. The number of aliphatic hydroxyl groups excluding tert-OH is 1. The van der Waals surface area contributed by atoms with Crippen LogP contribution in [0.5, 0.6) is 11.5 Å². The van der Waals surface area contributed by atoms with E-state index >= 15 is 0 Å². The van der Waals surface area contributed by atoms with Gasteiger partial charge in [-0.05, 0) is 49.7 Å². The highest BCUT2D eigenvalue weighted by Gasteiger charge is 2.12. The fourth-order valence-corrected chi connectivity index (χ4v) is 2.92. The van der Waals surface area contributed by atoms with Gasteiger partial charge in [0.25, 0.3) is 0 Å². The van der Waals surface area contributed by atoms with Gasteiger partial charge < -0.3 is 25.2 Å². The summed E-state index contributed by atoms with van der Waals surface area (Å²) in [6, 6.07) is 12.1. The molecule has 0 bridgehead atoms. The molecular weight excluding hydrogens is 435 g/mol. The van der Waals surface area contributed by atoms with Crippen LogP contribution in [0.25, 0.3) is 0 Å². The zero-order valence-electron chi connectivity index (χ0n) is 16.9. The van der Waals surface area contributed by atoms with E-state index in [0.717, 1.165) is 30.6 Å². The highest BCUT2D eigenvalue weighted by molar-refractivity contribution is 6.32. The molecule has 0 aliphatic carbocycles. The summed E-state index contributed by atoms with van der Waals surface area (Å²) in [7, 11) is 1.62. The van der Waals surface area contributed by atoms with Gasteiger partial charge in [0.2, 0.25) is 0 Å². The molecule has 0 heterocycles. The Kier molecular flexibility index (Phi) is 15.0. The van der Waals surface area contributed by atoms with Crippen molar-refractivity contribution in [2.75, 3.05) is 33.4 Å². The molecular formula is C21H31Cl3N2O3. The topological polar surface area (TPSA) is 62.8 Å². The van der Waals surface area contributed by atoms with Gasteiger partial charge in [-0.25, -0.2) is 0 Å². The van der Waals surface area contributed by atoms with Crippen LogP contribution in [0.1, 0.15) is 23.1 Å². The molecule has 29 heavy (non-hydrogen) atoms. The van der Waals surface area contributed by atoms with E-state index < -0.39 is 0 Å². The number of aliphatic hydroxyl groups is 1. The number of hydrogen-bond donors (Lipinski definition) is 3. The van der Waals surface area contributed by atoms with E-state index in [0.29, 0.717) is 36.2 Å². The SMILES string of the molecule is COc1cc(CNCCCNCCO)cc(Cl)c1OCc1ccc(C)cc1.Cl.Cl. The number of benzene rings is 2.